The molecular weight excluding hydrogens is 499 g/mol. The molecule has 0 aliphatic heterocycles. The number of hydrogen-bond acceptors (Lipinski definition) is 3. The van der Waals surface area contributed by atoms with Crippen molar-refractivity contribution in [3.63, 3.8) is 0 Å². The molecule has 0 heterocycles. The van der Waals surface area contributed by atoms with Gasteiger partial charge in [0.15, 0.2) is 0 Å². The Kier molecular flexibility index (Phi) is 32.3. The van der Waals surface area contributed by atoms with Crippen molar-refractivity contribution in [1.82, 2.24) is 0 Å². The summed E-state index contributed by atoms with van der Waals surface area (Å²) in [4.78, 5) is 5.90. The van der Waals surface area contributed by atoms with Gasteiger partial charge < -0.3 is 9.41 Å². The van der Waals surface area contributed by atoms with Gasteiger partial charge in [-0.3, -0.25) is 0 Å². The van der Waals surface area contributed by atoms with E-state index in [2.05, 4.69) is 20.8 Å². The van der Waals surface area contributed by atoms with E-state index >= 15 is 0 Å². The van der Waals surface area contributed by atoms with Gasteiger partial charge in [0.2, 0.25) is 8.38 Å². The second-order valence-electron chi connectivity index (χ2n) is 11.8. The molecule has 0 aliphatic carbocycles. The molecule has 1 atom stereocenters. The van der Waals surface area contributed by atoms with Gasteiger partial charge in [-0.25, -0.2) is 0 Å². The van der Waals surface area contributed by atoms with Crippen LogP contribution in [0, 0.1) is 0 Å². The summed E-state index contributed by atoms with van der Waals surface area (Å²) in [6, 6.07) is 0. The molecule has 0 radical (unpaired) electrons. The molecule has 0 N–H and O–H groups in total. The minimum atomic E-state index is -0.965. The largest absolute Gasteiger partial charge is 0.337 e. The number of hydrogen-bond donors (Lipinski definition) is 0. The van der Waals surface area contributed by atoms with Crippen LogP contribution in [0.3, 0.4) is 0 Å². The van der Waals surface area contributed by atoms with E-state index < -0.39 is 8.38 Å². The molecule has 0 fully saturated rings. The van der Waals surface area contributed by atoms with E-state index in [-0.39, 0.29) is 0 Å². The van der Waals surface area contributed by atoms with E-state index in [0.29, 0.717) is 0 Å². The lowest BCUT2D eigenvalue weighted by Crippen LogP contribution is -2.00. The Hall–Kier alpha value is -0.110. The maximum Gasteiger partial charge on any atom is 0.219 e. The van der Waals surface area contributed by atoms with Crippen LogP contribution in [0.2, 0.25) is 0 Å². The molecule has 0 spiro atoms. The quantitative estimate of drug-likeness (QED) is 0.0265. The zero-order chi connectivity index (χ0) is 28.7. The molecule has 3 nitrogen and oxygen atoms in total. The van der Waals surface area contributed by atoms with Gasteiger partial charge in [-0.2, -0.15) is 0 Å². The van der Waals surface area contributed by atoms with E-state index in [1.165, 1.54) is 173 Å². The molecule has 0 amide bonds. The first-order chi connectivity index (χ1) is 19.2. The molecule has 0 aliphatic rings. The first-order valence-electron chi connectivity index (χ1n) is 17.5. The van der Waals surface area contributed by atoms with Crippen molar-refractivity contribution in [3.05, 3.63) is 11.3 Å². The van der Waals surface area contributed by atoms with Gasteiger partial charge >= 0.3 is 0 Å². The van der Waals surface area contributed by atoms with Gasteiger partial charge in [0.05, 0.1) is 0 Å². The summed E-state index contributed by atoms with van der Waals surface area (Å²) in [6.45, 7) is 8.78. The summed E-state index contributed by atoms with van der Waals surface area (Å²) in [5.74, 6) is 1.09. The molecule has 1 unspecified atom stereocenters. The fourth-order valence-corrected chi connectivity index (χ4v) is 5.65. The van der Waals surface area contributed by atoms with Crippen molar-refractivity contribution < 1.29 is 14.1 Å². The summed E-state index contributed by atoms with van der Waals surface area (Å²) in [7, 11) is 0.728. The fraction of sp³-hybridized carbons (Fsp3) is 0.943. The molecule has 0 aromatic rings. The molecule has 0 aromatic heterocycles. The predicted molar refractivity (Wildman–Crippen MR) is 175 cm³/mol. The Bertz CT molecular complexity index is 478. The zero-order valence-corrected chi connectivity index (χ0v) is 28.4. The lowest BCUT2D eigenvalue weighted by molar-refractivity contribution is -0.169. The first-order valence-corrected chi connectivity index (χ1v) is 19.1. The summed E-state index contributed by atoms with van der Waals surface area (Å²) >= 11 is 0. The highest BCUT2D eigenvalue weighted by atomic mass is 31.2. The summed E-state index contributed by atoms with van der Waals surface area (Å²) in [6.07, 6.45) is 38.0. The Balaban J connectivity index is 4.28. The SMILES string of the molecule is CCCCCCCCCCCCCCC(CCCCCCCCCCCCCC)=C(CCC)OOP(C)OC. The number of unbranched alkanes of at least 4 members (excludes halogenated alkanes) is 22. The second kappa shape index (κ2) is 32.4. The zero-order valence-electron chi connectivity index (χ0n) is 27.5. The van der Waals surface area contributed by atoms with Crippen molar-refractivity contribution in [3.8, 4) is 0 Å². The molecular formula is C35H71O3P. The Morgan fingerprint density at radius 3 is 1.08 bits per heavy atom. The smallest absolute Gasteiger partial charge is 0.219 e. The topological polar surface area (TPSA) is 27.7 Å². The van der Waals surface area contributed by atoms with E-state index in [1.54, 1.807) is 7.11 Å². The Morgan fingerprint density at radius 2 is 0.769 bits per heavy atom. The van der Waals surface area contributed by atoms with E-state index in [4.69, 9.17) is 14.1 Å². The van der Waals surface area contributed by atoms with Crippen molar-refractivity contribution >= 4 is 8.38 Å². The normalized spacial score (nSPS) is 12.1. The van der Waals surface area contributed by atoms with Gasteiger partial charge in [0, 0.05) is 20.2 Å². The summed E-state index contributed by atoms with van der Waals surface area (Å²) in [5.41, 5.74) is 1.51. The molecule has 0 aromatic carbocycles. The standard InChI is InChI=1S/C35H71O3P/c1-6-9-11-13-15-17-19-21-23-25-27-29-32-34(35(31-8-3)37-38-39(5)36-4)33-30-28-26-24-22-20-18-16-14-12-10-7-2/h6-33H2,1-5H3. The number of rotatable bonds is 32. The maximum absolute atomic E-state index is 5.90. The van der Waals surface area contributed by atoms with Crippen LogP contribution in [-0.4, -0.2) is 13.8 Å². The third-order valence-corrected chi connectivity index (χ3v) is 8.83. The first kappa shape index (κ1) is 38.9. The minimum absolute atomic E-state index is 0.965. The predicted octanol–water partition coefficient (Wildman–Crippen LogP) is 13.8. The average molecular weight is 571 g/mol. The van der Waals surface area contributed by atoms with Crippen LogP contribution < -0.4 is 0 Å². The van der Waals surface area contributed by atoms with E-state index in [9.17, 15) is 0 Å². The van der Waals surface area contributed by atoms with Crippen LogP contribution in [0.4, 0.5) is 0 Å². The molecule has 234 valence electrons. The molecule has 0 saturated carbocycles. The lowest BCUT2D eigenvalue weighted by atomic mass is 9.97. The highest BCUT2D eigenvalue weighted by Crippen LogP contribution is 2.35. The summed E-state index contributed by atoms with van der Waals surface area (Å²) in [5, 5.41) is 0. The Labute approximate surface area is 247 Å². The molecule has 4 heteroatoms. The van der Waals surface area contributed by atoms with Crippen molar-refractivity contribution in [2.45, 2.75) is 201 Å². The van der Waals surface area contributed by atoms with Crippen LogP contribution in [0.5, 0.6) is 0 Å². The third-order valence-electron chi connectivity index (χ3n) is 8.04. The molecule has 0 saturated heterocycles. The summed E-state index contributed by atoms with van der Waals surface area (Å²) < 4.78 is 10.9. The van der Waals surface area contributed by atoms with Crippen molar-refractivity contribution in [1.29, 1.82) is 0 Å². The third kappa shape index (κ3) is 27.8. The maximum atomic E-state index is 5.90. The monoisotopic (exact) mass is 571 g/mol. The van der Waals surface area contributed by atoms with E-state index in [0.717, 1.165) is 18.6 Å². The van der Waals surface area contributed by atoms with Gasteiger partial charge in [-0.05, 0) is 37.7 Å². The second-order valence-corrected chi connectivity index (χ2v) is 13.2. The molecule has 0 bridgehead atoms. The fourth-order valence-electron chi connectivity index (χ4n) is 5.39. The Morgan fingerprint density at radius 1 is 0.436 bits per heavy atom. The number of allylic oxidation sites excluding steroid dienone is 2. The van der Waals surface area contributed by atoms with Gasteiger partial charge in [-0.1, -0.05) is 162 Å². The lowest BCUT2D eigenvalue weighted by Gasteiger charge is -2.17. The van der Waals surface area contributed by atoms with Crippen LogP contribution in [0.1, 0.15) is 201 Å². The average Bonchev–Trinajstić information content (AvgIpc) is 2.95. The van der Waals surface area contributed by atoms with Crippen LogP contribution in [0.25, 0.3) is 0 Å². The minimum Gasteiger partial charge on any atom is -0.337 e. The van der Waals surface area contributed by atoms with Gasteiger partial charge in [0.1, 0.15) is 5.76 Å². The van der Waals surface area contributed by atoms with Crippen molar-refractivity contribution in [2.75, 3.05) is 13.8 Å². The molecule has 0 rings (SSSR count). The van der Waals surface area contributed by atoms with Gasteiger partial charge in [0.25, 0.3) is 0 Å². The van der Waals surface area contributed by atoms with Gasteiger partial charge in [-0.15, -0.1) is 4.67 Å². The highest BCUT2D eigenvalue weighted by Gasteiger charge is 2.12. The molecule has 39 heavy (non-hydrogen) atoms. The van der Waals surface area contributed by atoms with Crippen LogP contribution in [-0.2, 0) is 14.1 Å². The highest BCUT2D eigenvalue weighted by molar-refractivity contribution is 7.46. The van der Waals surface area contributed by atoms with Crippen LogP contribution in [0.15, 0.2) is 11.3 Å². The van der Waals surface area contributed by atoms with Crippen molar-refractivity contribution in [2.24, 2.45) is 0 Å². The van der Waals surface area contributed by atoms with E-state index in [1.807, 2.05) is 6.66 Å². The van der Waals surface area contributed by atoms with Crippen LogP contribution >= 0.6 is 8.38 Å².